The number of fused-ring (bicyclic) bond motifs is 1. The molecule has 11 nitrogen and oxygen atoms in total. The van der Waals surface area contributed by atoms with Gasteiger partial charge in [-0.2, -0.15) is 0 Å². The number of anilines is 1. The van der Waals surface area contributed by atoms with E-state index in [1.165, 1.54) is 43.1 Å². The van der Waals surface area contributed by atoms with Gasteiger partial charge in [-0.05, 0) is 32.2 Å². The first kappa shape index (κ1) is 23.0. The molecule has 0 unspecified atom stereocenters. The molecule has 3 rings (SSSR count). The van der Waals surface area contributed by atoms with Gasteiger partial charge < -0.3 is 18.5 Å². The normalized spacial score (nSPS) is 11.3. The van der Waals surface area contributed by atoms with Crippen molar-refractivity contribution in [3.05, 3.63) is 58.2 Å². The van der Waals surface area contributed by atoms with E-state index in [4.69, 9.17) is 13.9 Å². The molecule has 0 spiro atoms. The molecule has 0 aliphatic carbocycles. The van der Waals surface area contributed by atoms with Crippen molar-refractivity contribution < 1.29 is 31.9 Å². The zero-order chi connectivity index (χ0) is 23.5. The molecule has 0 atom stereocenters. The number of ether oxygens (including phenoxy) is 2. The molecular weight excluding hydrogens is 442 g/mol. The Bertz CT molecular complexity index is 1340. The first-order valence-electron chi connectivity index (χ1n) is 9.42. The molecule has 3 aromatic rings. The predicted molar refractivity (Wildman–Crippen MR) is 114 cm³/mol. The SMILES string of the molecule is CCOC(=O)Nc1ccc2c(COC(=O)c3cc(S(=O)(=O)NC)cn3C)cc(=O)oc2c1. The second kappa shape index (κ2) is 9.24. The maximum absolute atomic E-state index is 12.5. The Labute approximate surface area is 183 Å². The van der Waals surface area contributed by atoms with E-state index in [1.807, 2.05) is 0 Å². The van der Waals surface area contributed by atoms with E-state index < -0.39 is 27.7 Å². The lowest BCUT2D eigenvalue weighted by Gasteiger charge is -2.09. The third kappa shape index (κ3) is 4.98. The minimum absolute atomic E-state index is 0.0204. The van der Waals surface area contributed by atoms with Crippen LogP contribution in [0, 0.1) is 0 Å². The highest BCUT2D eigenvalue weighted by Crippen LogP contribution is 2.23. The quantitative estimate of drug-likeness (QED) is 0.399. The maximum atomic E-state index is 12.5. The molecule has 170 valence electrons. The van der Waals surface area contributed by atoms with E-state index in [0.29, 0.717) is 16.6 Å². The highest BCUT2D eigenvalue weighted by atomic mass is 32.2. The van der Waals surface area contributed by atoms with Crippen LogP contribution in [0.15, 0.2) is 50.6 Å². The third-order valence-corrected chi connectivity index (χ3v) is 5.86. The molecular formula is C20H21N3O8S. The minimum Gasteiger partial charge on any atom is -0.456 e. The number of sulfonamides is 1. The van der Waals surface area contributed by atoms with Crippen LogP contribution in [0.25, 0.3) is 11.0 Å². The number of rotatable bonds is 7. The van der Waals surface area contributed by atoms with Crippen LogP contribution in [-0.2, 0) is 33.2 Å². The summed E-state index contributed by atoms with van der Waals surface area (Å²) in [6, 6.07) is 7.01. The summed E-state index contributed by atoms with van der Waals surface area (Å²) in [5, 5.41) is 3.00. The summed E-state index contributed by atoms with van der Waals surface area (Å²) in [6.07, 6.45) is 0.633. The molecule has 0 aliphatic heterocycles. The van der Waals surface area contributed by atoms with Gasteiger partial charge in [-0.3, -0.25) is 5.32 Å². The van der Waals surface area contributed by atoms with Crippen LogP contribution < -0.4 is 15.7 Å². The summed E-state index contributed by atoms with van der Waals surface area (Å²) < 4.78 is 42.6. The number of hydrogen-bond acceptors (Lipinski definition) is 8. The molecule has 0 saturated heterocycles. The van der Waals surface area contributed by atoms with E-state index in [-0.39, 0.29) is 29.4 Å². The van der Waals surface area contributed by atoms with Gasteiger partial charge >= 0.3 is 17.7 Å². The van der Waals surface area contributed by atoms with Crippen molar-refractivity contribution in [2.75, 3.05) is 19.0 Å². The van der Waals surface area contributed by atoms with E-state index in [1.54, 1.807) is 19.1 Å². The number of aryl methyl sites for hydroxylation is 1. The number of nitrogens with one attached hydrogen (secondary N) is 2. The van der Waals surface area contributed by atoms with Crippen molar-refractivity contribution in [1.29, 1.82) is 0 Å². The molecule has 0 radical (unpaired) electrons. The van der Waals surface area contributed by atoms with Gasteiger partial charge in [0.05, 0.1) is 6.61 Å². The third-order valence-electron chi connectivity index (χ3n) is 4.48. The zero-order valence-corrected chi connectivity index (χ0v) is 18.3. The molecule has 1 amide bonds. The molecule has 12 heteroatoms. The first-order valence-corrected chi connectivity index (χ1v) is 10.9. The largest absolute Gasteiger partial charge is 0.456 e. The molecule has 0 fully saturated rings. The van der Waals surface area contributed by atoms with Gasteiger partial charge in [0.1, 0.15) is 22.8 Å². The molecule has 0 bridgehead atoms. The van der Waals surface area contributed by atoms with Gasteiger partial charge in [0.2, 0.25) is 10.0 Å². The number of carbonyl (C=O) groups excluding carboxylic acids is 2. The van der Waals surface area contributed by atoms with Crippen molar-refractivity contribution >= 4 is 38.7 Å². The second-order valence-corrected chi connectivity index (χ2v) is 8.49. The Hall–Kier alpha value is -3.64. The number of hydrogen-bond donors (Lipinski definition) is 2. The highest BCUT2D eigenvalue weighted by Gasteiger charge is 2.20. The van der Waals surface area contributed by atoms with Gasteiger partial charge in [-0.1, -0.05) is 0 Å². The maximum Gasteiger partial charge on any atom is 0.411 e. The molecule has 0 saturated carbocycles. The number of carbonyl (C=O) groups is 2. The standard InChI is InChI=1S/C20H21N3O8S/c1-4-29-20(26)22-13-5-6-15-12(7-18(24)31-17(15)8-13)11-30-19(25)16-9-14(10-23(16)3)32(27,28)21-2/h5-10,21H,4,11H2,1-3H3,(H,22,26). The van der Waals surface area contributed by atoms with Crippen LogP contribution in [0.2, 0.25) is 0 Å². The summed E-state index contributed by atoms with van der Waals surface area (Å²) in [4.78, 5) is 36.0. The second-order valence-electron chi connectivity index (χ2n) is 6.60. The van der Waals surface area contributed by atoms with Crippen molar-refractivity contribution in [1.82, 2.24) is 9.29 Å². The smallest absolute Gasteiger partial charge is 0.411 e. The Morgan fingerprint density at radius 3 is 2.59 bits per heavy atom. The van der Waals surface area contributed by atoms with Gasteiger partial charge in [0.25, 0.3) is 0 Å². The summed E-state index contributed by atoms with van der Waals surface area (Å²) in [6.45, 7) is 1.61. The van der Waals surface area contributed by atoms with Crippen LogP contribution in [0.1, 0.15) is 23.0 Å². The Morgan fingerprint density at radius 2 is 1.91 bits per heavy atom. The van der Waals surface area contributed by atoms with Gasteiger partial charge in [0.15, 0.2) is 0 Å². The van der Waals surface area contributed by atoms with Gasteiger partial charge in [0, 0.05) is 42.0 Å². The van der Waals surface area contributed by atoms with E-state index in [2.05, 4.69) is 10.0 Å². The number of amides is 1. The lowest BCUT2D eigenvalue weighted by molar-refractivity contribution is 0.0462. The van der Waals surface area contributed by atoms with E-state index >= 15 is 0 Å². The average molecular weight is 463 g/mol. The summed E-state index contributed by atoms with van der Waals surface area (Å²) in [7, 11) is -0.949. The number of esters is 1. The molecule has 2 aromatic heterocycles. The van der Waals surface area contributed by atoms with Crippen molar-refractivity contribution in [2.45, 2.75) is 18.4 Å². The zero-order valence-electron chi connectivity index (χ0n) is 17.5. The van der Waals surface area contributed by atoms with Gasteiger partial charge in [-0.15, -0.1) is 0 Å². The summed E-state index contributed by atoms with van der Waals surface area (Å²) in [5.41, 5.74) is 0.268. The lowest BCUT2D eigenvalue weighted by atomic mass is 10.1. The van der Waals surface area contributed by atoms with Crippen molar-refractivity contribution in [2.24, 2.45) is 7.05 Å². The molecule has 0 aliphatic rings. The topological polar surface area (TPSA) is 146 Å². The fourth-order valence-corrected chi connectivity index (χ4v) is 3.73. The van der Waals surface area contributed by atoms with Crippen LogP contribution in [0.5, 0.6) is 0 Å². The first-order chi connectivity index (χ1) is 15.1. The summed E-state index contributed by atoms with van der Waals surface area (Å²) >= 11 is 0. The molecule has 32 heavy (non-hydrogen) atoms. The van der Waals surface area contributed by atoms with Crippen LogP contribution in [0.3, 0.4) is 0 Å². The Balaban J connectivity index is 1.82. The highest BCUT2D eigenvalue weighted by molar-refractivity contribution is 7.89. The van der Waals surface area contributed by atoms with Crippen molar-refractivity contribution in [3.63, 3.8) is 0 Å². The fraction of sp³-hybridized carbons (Fsp3) is 0.250. The van der Waals surface area contributed by atoms with Crippen LogP contribution >= 0.6 is 0 Å². The number of aromatic nitrogens is 1. The van der Waals surface area contributed by atoms with Gasteiger partial charge in [-0.25, -0.2) is 27.5 Å². The number of nitrogens with zero attached hydrogens (tertiary/aromatic N) is 1. The molecule has 1 aromatic carbocycles. The monoisotopic (exact) mass is 463 g/mol. The van der Waals surface area contributed by atoms with Crippen molar-refractivity contribution in [3.8, 4) is 0 Å². The Morgan fingerprint density at radius 1 is 1.16 bits per heavy atom. The predicted octanol–water partition coefficient (Wildman–Crippen LogP) is 1.97. The number of benzene rings is 1. The van der Waals surface area contributed by atoms with Crippen LogP contribution in [0.4, 0.5) is 10.5 Å². The molecule has 2 N–H and O–H groups in total. The average Bonchev–Trinajstić information content (AvgIpc) is 3.14. The minimum atomic E-state index is -3.72. The van der Waals surface area contributed by atoms with Crippen LogP contribution in [-0.4, -0.2) is 38.7 Å². The Kier molecular flexibility index (Phi) is 6.65. The fourth-order valence-electron chi connectivity index (χ4n) is 2.93. The molecule has 2 heterocycles. The summed E-state index contributed by atoms with van der Waals surface area (Å²) in [5.74, 6) is -0.771. The lowest BCUT2D eigenvalue weighted by Crippen LogP contribution is -2.17. The van der Waals surface area contributed by atoms with E-state index in [9.17, 15) is 22.8 Å². The van der Waals surface area contributed by atoms with E-state index in [0.717, 1.165) is 0 Å².